The first-order chi connectivity index (χ1) is 5.58. The third-order valence-corrected chi connectivity index (χ3v) is 19.2. The summed E-state index contributed by atoms with van der Waals surface area (Å²) in [6.45, 7) is 10.6. The van der Waals surface area contributed by atoms with Gasteiger partial charge in [0.05, 0.1) is 0 Å². The monoisotopic (exact) mass is 204 g/mol. The van der Waals surface area contributed by atoms with Crippen LogP contribution in [-0.4, -0.2) is 28.9 Å². The van der Waals surface area contributed by atoms with Crippen molar-refractivity contribution in [1.82, 2.24) is 0 Å². The summed E-state index contributed by atoms with van der Waals surface area (Å²) in [5, 5.41) is 0. The molecule has 2 nitrogen and oxygen atoms in total. The molecule has 0 N–H and O–H groups in total. The van der Waals surface area contributed by atoms with Crippen LogP contribution in [0.15, 0.2) is 0 Å². The molecule has 0 radical (unpaired) electrons. The molecule has 1 fully saturated rings. The Kier molecular flexibility index (Phi) is 3.14. The number of rotatable bonds is 4. The fraction of sp³-hybridized carbons (Fsp3) is 1.00. The average Bonchev–Trinajstić information content (AvgIpc) is 2.03. The highest BCUT2D eigenvalue weighted by atomic mass is 29.3. The van der Waals surface area contributed by atoms with Crippen LogP contribution in [0.5, 0.6) is 0 Å². The zero-order chi connectivity index (χ0) is 9.24. The van der Waals surface area contributed by atoms with Crippen LogP contribution in [0.3, 0.4) is 0 Å². The van der Waals surface area contributed by atoms with E-state index in [2.05, 4.69) is 26.9 Å². The predicted octanol–water partition coefficient (Wildman–Crippen LogP) is 2.30. The Morgan fingerprint density at radius 3 is 1.42 bits per heavy atom. The summed E-state index contributed by atoms with van der Waals surface area (Å²) in [5.74, 6) is 0. The lowest BCUT2D eigenvalue weighted by Gasteiger charge is -2.50. The van der Waals surface area contributed by atoms with E-state index in [1.165, 1.54) is 12.1 Å². The van der Waals surface area contributed by atoms with Crippen molar-refractivity contribution >= 4 is 15.7 Å². The van der Waals surface area contributed by atoms with E-state index in [1.807, 2.05) is 0 Å². The van der Waals surface area contributed by atoms with Gasteiger partial charge in [0.2, 0.25) is 15.7 Å². The van der Waals surface area contributed by atoms with Gasteiger partial charge in [-0.2, -0.15) is 0 Å². The summed E-state index contributed by atoms with van der Waals surface area (Å²) >= 11 is 0. The maximum absolute atomic E-state index is 5.91. The van der Waals surface area contributed by atoms with Gasteiger partial charge in [-0.25, -0.2) is 0 Å². The minimum Gasteiger partial charge on any atom is -0.417 e. The molecule has 1 heterocycles. The summed E-state index contributed by atoms with van der Waals surface area (Å²) in [4.78, 5) is 0. The molecule has 0 spiro atoms. The van der Waals surface area contributed by atoms with Gasteiger partial charge in [0.1, 0.15) is 0 Å². The molecule has 0 bridgehead atoms. The second kappa shape index (κ2) is 3.61. The molecule has 72 valence electrons. The second-order valence-corrected chi connectivity index (χ2v) is 16.7. The molecule has 0 amide bonds. The highest BCUT2D eigenvalue weighted by Gasteiger charge is 2.60. The molecule has 1 aliphatic rings. The van der Waals surface area contributed by atoms with E-state index in [0.717, 1.165) is 13.2 Å². The summed E-state index contributed by atoms with van der Waals surface area (Å²) in [6, 6.07) is 2.65. The molecule has 0 aliphatic carbocycles. The third-order valence-electron chi connectivity index (χ3n) is 3.12. The van der Waals surface area contributed by atoms with Gasteiger partial charge in [-0.3, -0.25) is 0 Å². The molecule has 2 unspecified atom stereocenters. The van der Waals surface area contributed by atoms with Gasteiger partial charge in [0, 0.05) is 13.2 Å². The Bertz CT molecular complexity index is 147. The topological polar surface area (TPSA) is 18.5 Å². The zero-order valence-corrected chi connectivity index (χ0v) is 10.6. The fourth-order valence-electron chi connectivity index (χ4n) is 1.92. The Labute approximate surface area is 77.3 Å². The van der Waals surface area contributed by atoms with E-state index in [9.17, 15) is 0 Å². The predicted molar refractivity (Wildman–Crippen MR) is 56.1 cm³/mol. The largest absolute Gasteiger partial charge is 0.417 e. The summed E-state index contributed by atoms with van der Waals surface area (Å²) in [7, 11) is -2.71. The molecule has 1 rings (SSSR count). The van der Waals surface area contributed by atoms with Crippen LogP contribution in [0, 0.1) is 0 Å². The lowest BCUT2D eigenvalue weighted by molar-refractivity contribution is 0.289. The molecule has 4 heteroatoms. The van der Waals surface area contributed by atoms with Crippen molar-refractivity contribution in [3.8, 4) is 0 Å². The van der Waals surface area contributed by atoms with E-state index in [0.29, 0.717) is 0 Å². The lowest BCUT2D eigenvalue weighted by atomic mass is 10.9. The summed E-state index contributed by atoms with van der Waals surface area (Å²) in [6.07, 6.45) is 0. The first kappa shape index (κ1) is 10.4. The molecular formula is C8H20O2Si2. The number of hydrogen-bond donors (Lipinski definition) is 0. The van der Waals surface area contributed by atoms with Gasteiger partial charge in [-0.05, 0) is 39.0 Å². The van der Waals surface area contributed by atoms with Gasteiger partial charge in [-0.15, -0.1) is 0 Å². The normalized spacial score (nSPS) is 41.0. The highest BCUT2D eigenvalue weighted by molar-refractivity contribution is 7.40. The van der Waals surface area contributed by atoms with Crippen LogP contribution in [0.1, 0.15) is 13.8 Å². The van der Waals surface area contributed by atoms with Gasteiger partial charge in [0.15, 0.2) is 0 Å². The molecule has 0 aromatic heterocycles. The average molecular weight is 204 g/mol. The Morgan fingerprint density at radius 2 is 1.25 bits per heavy atom. The lowest BCUT2D eigenvalue weighted by Crippen LogP contribution is -2.70. The van der Waals surface area contributed by atoms with E-state index in [4.69, 9.17) is 8.85 Å². The van der Waals surface area contributed by atoms with Crippen LogP contribution in [0.4, 0.5) is 0 Å². The van der Waals surface area contributed by atoms with E-state index >= 15 is 0 Å². The van der Waals surface area contributed by atoms with Gasteiger partial charge < -0.3 is 8.85 Å². The molecule has 12 heavy (non-hydrogen) atoms. The van der Waals surface area contributed by atoms with E-state index in [-0.39, 0.29) is 0 Å². The zero-order valence-electron chi connectivity index (χ0n) is 8.64. The minimum absolute atomic E-state index is 0.873. The Hall–Kier alpha value is 0.354. The smallest absolute Gasteiger partial charge is 0.207 e. The van der Waals surface area contributed by atoms with Crippen molar-refractivity contribution in [3.05, 3.63) is 0 Å². The van der Waals surface area contributed by atoms with Crippen molar-refractivity contribution < 1.29 is 8.85 Å². The second-order valence-electron chi connectivity index (χ2n) is 3.83. The Morgan fingerprint density at radius 1 is 0.917 bits per heavy atom. The van der Waals surface area contributed by atoms with Gasteiger partial charge in [0.25, 0.3) is 0 Å². The minimum atomic E-state index is -1.35. The quantitative estimate of drug-likeness (QED) is 0.654. The van der Waals surface area contributed by atoms with Crippen molar-refractivity contribution in [1.29, 1.82) is 0 Å². The van der Waals surface area contributed by atoms with Crippen LogP contribution < -0.4 is 0 Å². The molecule has 1 aliphatic heterocycles. The first-order valence-electron chi connectivity index (χ1n) is 4.86. The first-order valence-corrected chi connectivity index (χ1v) is 11.1. The standard InChI is InChI=1S/C8H20O2Si2/c1-5-9-11(3)7-8-12(11,4)10-6-2/h5-8H2,1-4H3. The molecule has 1 saturated heterocycles. The van der Waals surface area contributed by atoms with Crippen LogP contribution in [0.25, 0.3) is 0 Å². The van der Waals surface area contributed by atoms with Crippen molar-refractivity contribution in [2.24, 2.45) is 0 Å². The van der Waals surface area contributed by atoms with Gasteiger partial charge >= 0.3 is 0 Å². The molecule has 2 atom stereocenters. The maximum atomic E-state index is 5.91. The van der Waals surface area contributed by atoms with Crippen molar-refractivity contribution in [3.63, 3.8) is 0 Å². The van der Waals surface area contributed by atoms with E-state index < -0.39 is 15.7 Å². The number of hydrogen-bond acceptors (Lipinski definition) is 2. The van der Waals surface area contributed by atoms with Crippen molar-refractivity contribution in [2.75, 3.05) is 13.2 Å². The highest BCUT2D eigenvalue weighted by Crippen LogP contribution is 2.41. The fourth-order valence-corrected chi connectivity index (χ4v) is 13.4. The summed E-state index contributed by atoms with van der Waals surface area (Å²) < 4.78 is 11.8. The van der Waals surface area contributed by atoms with Crippen LogP contribution >= 0.6 is 0 Å². The Balaban J connectivity index is 2.55. The SMILES string of the molecule is CCO[Si]1(C)CC[Si]1(C)OCC. The van der Waals surface area contributed by atoms with Crippen molar-refractivity contribution in [2.45, 2.75) is 39.0 Å². The molecular weight excluding hydrogens is 184 g/mol. The third kappa shape index (κ3) is 1.53. The summed E-state index contributed by atoms with van der Waals surface area (Å²) in [5.41, 5.74) is 0. The molecule has 0 saturated carbocycles. The van der Waals surface area contributed by atoms with Gasteiger partial charge in [-0.1, -0.05) is 0 Å². The molecule has 0 aromatic carbocycles. The molecule has 0 aromatic rings. The van der Waals surface area contributed by atoms with Crippen LogP contribution in [0.2, 0.25) is 25.2 Å². The van der Waals surface area contributed by atoms with E-state index in [1.54, 1.807) is 0 Å². The maximum Gasteiger partial charge on any atom is 0.207 e. The van der Waals surface area contributed by atoms with Crippen LogP contribution in [-0.2, 0) is 8.85 Å².